The van der Waals surface area contributed by atoms with Gasteiger partial charge in [0, 0.05) is 25.3 Å². The van der Waals surface area contributed by atoms with Gasteiger partial charge < -0.3 is 19.8 Å². The number of nitrogens with zero attached hydrogens (tertiary/aromatic N) is 5. The van der Waals surface area contributed by atoms with E-state index in [1.54, 1.807) is 10.6 Å². The number of hydrogen-bond acceptors (Lipinski definition) is 6. The number of aromatic nitrogens is 3. The van der Waals surface area contributed by atoms with Gasteiger partial charge in [0.05, 0.1) is 42.2 Å². The highest BCUT2D eigenvalue weighted by Gasteiger charge is 2.60. The summed E-state index contributed by atoms with van der Waals surface area (Å²) >= 11 is 6.60. The Balaban J connectivity index is 1.08. The second kappa shape index (κ2) is 10.1. The molecule has 0 unspecified atom stereocenters. The van der Waals surface area contributed by atoms with E-state index < -0.39 is 17.7 Å². The van der Waals surface area contributed by atoms with Crippen LogP contribution in [0.5, 0.6) is 0 Å². The molecule has 42 heavy (non-hydrogen) atoms. The zero-order chi connectivity index (χ0) is 29.2. The van der Waals surface area contributed by atoms with Crippen LogP contribution in [-0.2, 0) is 16.1 Å². The van der Waals surface area contributed by atoms with Crippen LogP contribution in [0.25, 0.3) is 16.7 Å². The van der Waals surface area contributed by atoms with Crippen molar-refractivity contribution in [2.45, 2.75) is 56.7 Å². The van der Waals surface area contributed by atoms with Crippen LogP contribution in [-0.4, -0.2) is 84.6 Å². The molecule has 0 bridgehead atoms. The van der Waals surface area contributed by atoms with Crippen LogP contribution in [0.1, 0.15) is 50.1 Å². The van der Waals surface area contributed by atoms with Gasteiger partial charge in [0.15, 0.2) is 5.65 Å². The largest absolute Gasteiger partial charge is 0.465 e. The van der Waals surface area contributed by atoms with Crippen LogP contribution in [0.4, 0.5) is 4.79 Å². The van der Waals surface area contributed by atoms with Crippen LogP contribution in [0.3, 0.4) is 0 Å². The fourth-order valence-corrected chi connectivity index (χ4v) is 7.17. The van der Waals surface area contributed by atoms with Crippen LogP contribution in [0, 0.1) is 11.3 Å². The Morgan fingerprint density at radius 3 is 2.43 bits per heavy atom. The van der Waals surface area contributed by atoms with Crippen molar-refractivity contribution in [3.05, 3.63) is 57.7 Å². The number of ether oxygens (including phenoxy) is 1. The van der Waals surface area contributed by atoms with Crippen molar-refractivity contribution in [2.24, 2.45) is 11.3 Å². The molecule has 1 aromatic carbocycles. The smallest absolute Gasteiger partial charge is 0.407 e. The minimum Gasteiger partial charge on any atom is -0.465 e. The zero-order valence-electron chi connectivity index (χ0n) is 23.2. The lowest BCUT2D eigenvalue weighted by atomic mass is 9.89. The number of hydrogen-bond donors (Lipinski definition) is 2. The molecule has 4 fully saturated rings. The van der Waals surface area contributed by atoms with Gasteiger partial charge in [-0.2, -0.15) is 0 Å². The van der Waals surface area contributed by atoms with E-state index in [0.29, 0.717) is 66.9 Å². The summed E-state index contributed by atoms with van der Waals surface area (Å²) in [4.78, 5) is 46.2. The minimum atomic E-state index is -1.11. The van der Waals surface area contributed by atoms with E-state index in [9.17, 15) is 24.6 Å². The Morgan fingerprint density at radius 2 is 1.79 bits per heavy atom. The molecule has 0 radical (unpaired) electrons. The fraction of sp³-hybridized carbons (Fsp3) is 0.533. The number of piperidine rings is 1. The third-order valence-corrected chi connectivity index (χ3v) is 9.95. The van der Waals surface area contributed by atoms with Gasteiger partial charge in [-0.1, -0.05) is 23.7 Å². The monoisotopic (exact) mass is 595 g/mol. The maximum absolute atomic E-state index is 13.5. The molecule has 2 amide bonds. The Bertz CT molecular complexity index is 1600. The highest BCUT2D eigenvalue weighted by molar-refractivity contribution is 6.31. The van der Waals surface area contributed by atoms with Crippen molar-refractivity contribution >= 4 is 34.6 Å². The molecule has 222 valence electrons. The first-order chi connectivity index (χ1) is 20.2. The minimum absolute atomic E-state index is 0.0889. The molecule has 2 aromatic heterocycles. The average molecular weight is 596 g/mol. The molecule has 12 heteroatoms. The second-order valence-corrected chi connectivity index (χ2v) is 12.7. The highest BCUT2D eigenvalue weighted by atomic mass is 35.5. The molecule has 3 aromatic rings. The zero-order valence-corrected chi connectivity index (χ0v) is 24.0. The van der Waals surface area contributed by atoms with Crippen LogP contribution >= 0.6 is 11.6 Å². The van der Waals surface area contributed by atoms with Gasteiger partial charge in [0.1, 0.15) is 11.5 Å². The third kappa shape index (κ3) is 4.67. The normalized spacial score (nSPS) is 23.2. The van der Waals surface area contributed by atoms with Crippen molar-refractivity contribution in [3.8, 4) is 5.69 Å². The van der Waals surface area contributed by atoms with Gasteiger partial charge in [-0.25, -0.2) is 9.78 Å². The number of carbonyl (C=O) groups excluding carboxylic acids is 1. The number of likely N-dealkylation sites (tertiary alicyclic amines) is 1. The van der Waals surface area contributed by atoms with Crippen molar-refractivity contribution in [1.82, 2.24) is 23.9 Å². The SMILES string of the molecule is O=C(O)N1CCOC[C@@H]1c1ccc(-n2c(Cl)cc3c(=O)n(CC4(O)CCN(C(=O)C5(C6CC6)CC5)CC4)cnc32)cc1. The first-order valence-corrected chi connectivity index (χ1v) is 15.0. The summed E-state index contributed by atoms with van der Waals surface area (Å²) in [5.74, 6) is 0.802. The number of rotatable bonds is 6. The van der Waals surface area contributed by atoms with Crippen LogP contribution in [0.15, 0.2) is 41.5 Å². The molecule has 7 rings (SSSR count). The lowest BCUT2D eigenvalue weighted by Gasteiger charge is -2.39. The first-order valence-electron chi connectivity index (χ1n) is 14.6. The highest BCUT2D eigenvalue weighted by Crippen LogP contribution is 2.62. The Hall–Kier alpha value is -3.41. The van der Waals surface area contributed by atoms with Crippen molar-refractivity contribution in [3.63, 3.8) is 0 Å². The van der Waals surface area contributed by atoms with Gasteiger partial charge in [-0.3, -0.25) is 23.6 Å². The number of carbonyl (C=O) groups is 2. The molecule has 2 aliphatic carbocycles. The fourth-order valence-electron chi connectivity index (χ4n) is 6.88. The van der Waals surface area contributed by atoms with E-state index >= 15 is 0 Å². The third-order valence-electron chi connectivity index (χ3n) is 9.67. The number of fused-ring (bicyclic) bond motifs is 1. The quantitative estimate of drug-likeness (QED) is 0.446. The summed E-state index contributed by atoms with van der Waals surface area (Å²) in [5.41, 5.74) is 0.329. The Morgan fingerprint density at radius 1 is 1.07 bits per heavy atom. The van der Waals surface area contributed by atoms with Gasteiger partial charge in [0.25, 0.3) is 5.56 Å². The first kappa shape index (κ1) is 27.4. The number of morpholine rings is 1. The Kier molecular flexibility index (Phi) is 6.59. The molecule has 2 saturated carbocycles. The summed E-state index contributed by atoms with van der Waals surface area (Å²) in [6.45, 7) is 2.02. The molecular weight excluding hydrogens is 562 g/mol. The number of amides is 2. The van der Waals surface area contributed by atoms with E-state index in [1.807, 2.05) is 29.2 Å². The number of carboxylic acid groups (broad SMARTS) is 1. The molecule has 11 nitrogen and oxygen atoms in total. The molecule has 1 atom stereocenters. The topological polar surface area (TPSA) is 130 Å². The molecule has 0 spiro atoms. The van der Waals surface area contributed by atoms with Crippen molar-refractivity contribution in [1.29, 1.82) is 0 Å². The second-order valence-electron chi connectivity index (χ2n) is 12.3. The van der Waals surface area contributed by atoms with E-state index in [4.69, 9.17) is 16.3 Å². The number of aliphatic hydroxyl groups is 1. The van der Waals surface area contributed by atoms with Gasteiger partial charge in [-0.05, 0) is 68.2 Å². The molecule has 4 aliphatic rings. The van der Waals surface area contributed by atoms with Gasteiger partial charge in [0.2, 0.25) is 5.91 Å². The summed E-state index contributed by atoms with van der Waals surface area (Å²) < 4.78 is 8.61. The maximum Gasteiger partial charge on any atom is 0.407 e. The van der Waals surface area contributed by atoms with Gasteiger partial charge >= 0.3 is 6.09 Å². The molecule has 2 aliphatic heterocycles. The summed E-state index contributed by atoms with van der Waals surface area (Å²) in [6.07, 6.45) is 5.55. The standard InChI is InChI=1S/C30H34ClN5O6/c31-24-15-22-25(36(24)21-5-1-19(2-6-21)23-16-42-14-13-35(23)28(39)40)32-18-34(26(22)37)17-29(41)9-11-33(12-10-29)27(38)30(7-8-30)20-3-4-20/h1-2,5-6,15,18,20,23,41H,3-4,7-14,16-17H2,(H,39,40)/t23-/m1/s1. The average Bonchev–Trinajstić information content (AvgIpc) is 3.91. The Labute approximate surface area is 247 Å². The van der Waals surface area contributed by atoms with E-state index in [2.05, 4.69) is 4.98 Å². The number of halogens is 1. The molecular formula is C30H34ClN5O6. The van der Waals surface area contributed by atoms with E-state index in [-0.39, 0.29) is 30.0 Å². The van der Waals surface area contributed by atoms with Crippen LogP contribution in [0.2, 0.25) is 5.15 Å². The molecule has 2 N–H and O–H groups in total. The van der Waals surface area contributed by atoms with E-state index in [0.717, 1.165) is 31.2 Å². The molecule has 2 saturated heterocycles. The van der Waals surface area contributed by atoms with Crippen molar-refractivity contribution in [2.75, 3.05) is 32.8 Å². The number of benzene rings is 1. The predicted molar refractivity (Wildman–Crippen MR) is 154 cm³/mol. The van der Waals surface area contributed by atoms with Crippen LogP contribution < -0.4 is 5.56 Å². The van der Waals surface area contributed by atoms with Crippen molar-refractivity contribution < 1.29 is 24.5 Å². The summed E-state index contributed by atoms with van der Waals surface area (Å²) in [7, 11) is 0. The lowest BCUT2D eigenvalue weighted by molar-refractivity contribution is -0.142. The lowest BCUT2D eigenvalue weighted by Crippen LogP contribution is -2.51. The predicted octanol–water partition coefficient (Wildman–Crippen LogP) is 3.44. The summed E-state index contributed by atoms with van der Waals surface area (Å²) in [5, 5.41) is 21.6. The summed E-state index contributed by atoms with van der Waals surface area (Å²) in [6, 6.07) is 8.46. The van der Waals surface area contributed by atoms with E-state index in [1.165, 1.54) is 15.8 Å². The molecule has 4 heterocycles. The maximum atomic E-state index is 13.5. The van der Waals surface area contributed by atoms with Gasteiger partial charge in [-0.15, -0.1) is 0 Å².